The third kappa shape index (κ3) is 5.25. The van der Waals surface area contributed by atoms with E-state index in [9.17, 15) is 9.59 Å². The zero-order valence-electron chi connectivity index (χ0n) is 15.4. The lowest BCUT2D eigenvalue weighted by Gasteiger charge is -2.20. The third-order valence-corrected chi connectivity index (χ3v) is 3.54. The molecule has 0 aromatic heterocycles. The Morgan fingerprint density at radius 1 is 0.958 bits per heavy atom. The fraction of sp³-hybridized carbons (Fsp3) is 0.579. The summed E-state index contributed by atoms with van der Waals surface area (Å²) < 4.78 is 15.9. The first-order chi connectivity index (χ1) is 11.3. The predicted octanol–water partition coefficient (Wildman–Crippen LogP) is 3.75. The van der Waals surface area contributed by atoms with Crippen LogP contribution in [0.25, 0.3) is 0 Å². The number of ketones is 1. The third-order valence-electron chi connectivity index (χ3n) is 3.54. The minimum atomic E-state index is -0.867. The van der Waals surface area contributed by atoms with Gasteiger partial charge in [-0.1, -0.05) is 33.8 Å². The number of carbonyl (C=O) groups excluding carboxylic acids is 2. The number of methoxy groups -OCH3 is 2. The van der Waals surface area contributed by atoms with Crippen molar-refractivity contribution in [3.63, 3.8) is 0 Å². The highest BCUT2D eigenvalue weighted by atomic mass is 16.5. The molecule has 1 aromatic rings. The molecule has 0 heterocycles. The van der Waals surface area contributed by atoms with E-state index in [0.29, 0.717) is 24.5 Å². The first-order valence-corrected chi connectivity index (χ1v) is 8.23. The smallest absolute Gasteiger partial charge is 0.316 e. The van der Waals surface area contributed by atoms with Crippen LogP contribution in [0.1, 0.15) is 44.5 Å². The van der Waals surface area contributed by atoms with Gasteiger partial charge < -0.3 is 14.2 Å². The molecule has 5 nitrogen and oxygen atoms in total. The largest absolute Gasteiger partial charge is 0.496 e. The Morgan fingerprint density at radius 3 is 1.92 bits per heavy atom. The standard InChI is InChI=1S/C19H28O5/c1-12(2)10-14(19(21)24-11-13(3)4)18(20)17-15(22-5)8-7-9-16(17)23-6/h7-9,12-14H,10-11H2,1-6H3. The van der Waals surface area contributed by atoms with Crippen molar-refractivity contribution in [3.8, 4) is 11.5 Å². The minimum absolute atomic E-state index is 0.172. The molecule has 134 valence electrons. The highest BCUT2D eigenvalue weighted by molar-refractivity contribution is 6.11. The lowest BCUT2D eigenvalue weighted by molar-refractivity contribution is -0.148. The molecule has 0 bridgehead atoms. The van der Waals surface area contributed by atoms with Crippen LogP contribution in [0.5, 0.6) is 11.5 Å². The van der Waals surface area contributed by atoms with Crippen LogP contribution in [0.3, 0.4) is 0 Å². The van der Waals surface area contributed by atoms with Crippen molar-refractivity contribution in [3.05, 3.63) is 23.8 Å². The highest BCUT2D eigenvalue weighted by Gasteiger charge is 2.33. The van der Waals surface area contributed by atoms with Gasteiger partial charge in [0.25, 0.3) is 0 Å². The maximum Gasteiger partial charge on any atom is 0.316 e. The number of esters is 1. The number of benzene rings is 1. The van der Waals surface area contributed by atoms with Crippen molar-refractivity contribution < 1.29 is 23.8 Å². The van der Waals surface area contributed by atoms with Crippen LogP contribution >= 0.6 is 0 Å². The molecular weight excluding hydrogens is 308 g/mol. The molecule has 1 aromatic carbocycles. The van der Waals surface area contributed by atoms with E-state index >= 15 is 0 Å². The normalized spacial score (nSPS) is 12.2. The average molecular weight is 336 g/mol. The molecule has 0 radical (unpaired) electrons. The van der Waals surface area contributed by atoms with Gasteiger partial charge >= 0.3 is 5.97 Å². The van der Waals surface area contributed by atoms with E-state index < -0.39 is 11.9 Å². The molecule has 0 saturated carbocycles. The summed E-state index contributed by atoms with van der Waals surface area (Å²) in [4.78, 5) is 25.5. The number of carbonyl (C=O) groups is 2. The topological polar surface area (TPSA) is 61.8 Å². The molecular formula is C19H28O5. The molecule has 0 saturated heterocycles. The van der Waals surface area contributed by atoms with Gasteiger partial charge in [-0.2, -0.15) is 0 Å². The molecule has 1 unspecified atom stereocenters. The zero-order valence-corrected chi connectivity index (χ0v) is 15.4. The van der Waals surface area contributed by atoms with E-state index in [0.717, 1.165) is 0 Å². The Balaban J connectivity index is 3.19. The maximum absolute atomic E-state index is 13.1. The lowest BCUT2D eigenvalue weighted by Crippen LogP contribution is -2.29. The monoisotopic (exact) mass is 336 g/mol. The second kappa shape index (κ2) is 9.30. The summed E-state index contributed by atoms with van der Waals surface area (Å²) in [7, 11) is 2.97. The molecule has 0 spiro atoms. The number of rotatable bonds is 9. The second-order valence-corrected chi connectivity index (χ2v) is 6.61. The van der Waals surface area contributed by atoms with Crippen LogP contribution in [0.2, 0.25) is 0 Å². The maximum atomic E-state index is 13.1. The summed E-state index contributed by atoms with van der Waals surface area (Å²) in [6.45, 7) is 8.14. The molecule has 0 aliphatic rings. The minimum Gasteiger partial charge on any atom is -0.496 e. The summed E-state index contributed by atoms with van der Waals surface area (Å²) >= 11 is 0. The van der Waals surface area contributed by atoms with Gasteiger partial charge in [-0.25, -0.2) is 0 Å². The molecule has 24 heavy (non-hydrogen) atoms. The Morgan fingerprint density at radius 2 is 1.50 bits per heavy atom. The zero-order chi connectivity index (χ0) is 18.3. The Labute approximate surface area is 144 Å². The fourth-order valence-electron chi connectivity index (χ4n) is 2.40. The first-order valence-electron chi connectivity index (χ1n) is 8.23. The number of hydrogen-bond acceptors (Lipinski definition) is 5. The molecule has 0 fully saturated rings. The first kappa shape index (κ1) is 20.0. The fourth-order valence-corrected chi connectivity index (χ4v) is 2.40. The van der Waals surface area contributed by atoms with Crippen molar-refractivity contribution >= 4 is 11.8 Å². The van der Waals surface area contributed by atoms with E-state index in [2.05, 4.69) is 0 Å². The van der Waals surface area contributed by atoms with Crippen LogP contribution in [0.4, 0.5) is 0 Å². The van der Waals surface area contributed by atoms with Gasteiger partial charge in [0.05, 0.1) is 20.8 Å². The Kier molecular flexibility index (Phi) is 7.75. The average Bonchev–Trinajstić information content (AvgIpc) is 2.55. The summed E-state index contributed by atoms with van der Waals surface area (Å²) in [6, 6.07) is 5.10. The van der Waals surface area contributed by atoms with Crippen LogP contribution in [-0.2, 0) is 9.53 Å². The quantitative estimate of drug-likeness (QED) is 0.390. The summed E-state index contributed by atoms with van der Waals surface area (Å²) in [6.07, 6.45) is 0.414. The second-order valence-electron chi connectivity index (χ2n) is 6.61. The molecule has 0 N–H and O–H groups in total. The van der Waals surface area contributed by atoms with Crippen LogP contribution in [-0.4, -0.2) is 32.6 Å². The van der Waals surface area contributed by atoms with Gasteiger partial charge in [0.1, 0.15) is 23.0 Å². The van der Waals surface area contributed by atoms with E-state index in [-0.39, 0.29) is 23.2 Å². The summed E-state index contributed by atoms with van der Waals surface area (Å²) in [5, 5.41) is 0. The van der Waals surface area contributed by atoms with Crippen LogP contribution in [0, 0.1) is 17.8 Å². The molecule has 5 heteroatoms. The molecule has 1 rings (SSSR count). The molecule has 0 aliphatic carbocycles. The number of Topliss-reactive ketones (excluding diaryl/α,β-unsaturated/α-hetero) is 1. The van der Waals surface area contributed by atoms with Crippen LogP contribution < -0.4 is 9.47 Å². The molecule has 1 atom stereocenters. The van der Waals surface area contributed by atoms with E-state index in [1.807, 2.05) is 27.7 Å². The van der Waals surface area contributed by atoms with Crippen molar-refractivity contribution in [1.82, 2.24) is 0 Å². The summed E-state index contributed by atoms with van der Waals surface area (Å²) in [5.74, 6) is -0.513. The van der Waals surface area contributed by atoms with Gasteiger partial charge in [0, 0.05) is 0 Å². The van der Waals surface area contributed by atoms with Crippen molar-refractivity contribution in [2.45, 2.75) is 34.1 Å². The lowest BCUT2D eigenvalue weighted by atomic mass is 9.89. The van der Waals surface area contributed by atoms with Gasteiger partial charge in [0.15, 0.2) is 5.78 Å². The predicted molar refractivity (Wildman–Crippen MR) is 92.6 cm³/mol. The molecule has 0 aliphatic heterocycles. The van der Waals surface area contributed by atoms with Gasteiger partial charge in [-0.15, -0.1) is 0 Å². The van der Waals surface area contributed by atoms with Crippen molar-refractivity contribution in [2.24, 2.45) is 17.8 Å². The van der Waals surface area contributed by atoms with E-state index in [1.165, 1.54) is 14.2 Å². The van der Waals surface area contributed by atoms with Gasteiger partial charge in [-0.3, -0.25) is 9.59 Å². The molecule has 0 amide bonds. The van der Waals surface area contributed by atoms with Gasteiger partial charge in [-0.05, 0) is 30.4 Å². The highest BCUT2D eigenvalue weighted by Crippen LogP contribution is 2.32. The van der Waals surface area contributed by atoms with Crippen molar-refractivity contribution in [2.75, 3.05) is 20.8 Å². The van der Waals surface area contributed by atoms with E-state index in [1.54, 1.807) is 18.2 Å². The van der Waals surface area contributed by atoms with Crippen molar-refractivity contribution in [1.29, 1.82) is 0 Å². The Bertz CT molecular complexity index is 541. The number of hydrogen-bond donors (Lipinski definition) is 0. The van der Waals surface area contributed by atoms with Gasteiger partial charge in [0.2, 0.25) is 0 Å². The number of ether oxygens (including phenoxy) is 3. The summed E-state index contributed by atoms with van der Waals surface area (Å²) in [5.41, 5.74) is 0.287. The Hall–Kier alpha value is -2.04. The van der Waals surface area contributed by atoms with E-state index in [4.69, 9.17) is 14.2 Å². The van der Waals surface area contributed by atoms with Crippen LogP contribution in [0.15, 0.2) is 18.2 Å². The SMILES string of the molecule is COc1cccc(OC)c1C(=O)C(CC(C)C)C(=O)OCC(C)C.